The smallest absolute Gasteiger partial charge is 0.0653 e. The average molecular weight is 238 g/mol. The van der Waals surface area contributed by atoms with Crippen LogP contribution in [0.3, 0.4) is 0 Å². The van der Waals surface area contributed by atoms with Crippen LogP contribution in [0.1, 0.15) is 52.9 Å². The Labute approximate surface area is 105 Å². The summed E-state index contributed by atoms with van der Waals surface area (Å²) in [5.74, 6) is 1.03. The van der Waals surface area contributed by atoms with E-state index in [1.807, 2.05) is 20.8 Å². The fourth-order valence-electron chi connectivity index (χ4n) is 3.79. The third-order valence-corrected chi connectivity index (χ3v) is 5.12. The molecule has 2 saturated carbocycles. The maximum Gasteiger partial charge on any atom is 0.0653 e. The molecule has 0 aromatic heterocycles. The van der Waals surface area contributed by atoms with Gasteiger partial charge in [0.25, 0.3) is 0 Å². The monoisotopic (exact) mass is 238 g/mol. The quantitative estimate of drug-likeness (QED) is 0.690. The molecule has 4 atom stereocenters. The van der Waals surface area contributed by atoms with E-state index in [1.165, 1.54) is 5.57 Å². The van der Waals surface area contributed by atoms with E-state index in [9.17, 15) is 10.2 Å². The van der Waals surface area contributed by atoms with Gasteiger partial charge in [-0.1, -0.05) is 12.2 Å². The summed E-state index contributed by atoms with van der Waals surface area (Å²) in [6, 6.07) is 0. The number of allylic oxidation sites excluding steroid dienone is 1. The first-order valence-corrected chi connectivity index (χ1v) is 6.84. The predicted molar refractivity (Wildman–Crippen MR) is 69.6 cm³/mol. The lowest BCUT2D eigenvalue weighted by molar-refractivity contribution is -0.0325. The van der Waals surface area contributed by atoms with Crippen LogP contribution in [-0.2, 0) is 0 Å². The predicted octanol–water partition coefficient (Wildman–Crippen LogP) is 2.89. The normalized spacial score (nSPS) is 43.4. The van der Waals surface area contributed by atoms with Crippen LogP contribution in [0.2, 0.25) is 0 Å². The van der Waals surface area contributed by atoms with Crippen molar-refractivity contribution in [1.82, 2.24) is 0 Å². The zero-order valence-corrected chi connectivity index (χ0v) is 11.4. The average Bonchev–Trinajstić information content (AvgIpc) is 2.37. The van der Waals surface area contributed by atoms with Crippen molar-refractivity contribution in [3.63, 3.8) is 0 Å². The largest absolute Gasteiger partial charge is 0.390 e. The van der Waals surface area contributed by atoms with Gasteiger partial charge in [0.05, 0.1) is 11.2 Å². The number of hydrogen-bond acceptors (Lipinski definition) is 2. The van der Waals surface area contributed by atoms with E-state index in [-0.39, 0.29) is 11.8 Å². The second-order valence-electron chi connectivity index (χ2n) is 6.89. The molecule has 98 valence electrons. The van der Waals surface area contributed by atoms with Crippen LogP contribution in [0.4, 0.5) is 0 Å². The highest BCUT2D eigenvalue weighted by Gasteiger charge is 2.48. The fourth-order valence-corrected chi connectivity index (χ4v) is 3.79. The molecule has 2 fully saturated rings. The topological polar surface area (TPSA) is 40.5 Å². The lowest BCUT2D eigenvalue weighted by Gasteiger charge is -2.35. The minimum atomic E-state index is -0.645. The van der Waals surface area contributed by atoms with Crippen molar-refractivity contribution in [2.24, 2.45) is 17.8 Å². The van der Waals surface area contributed by atoms with Gasteiger partial charge in [-0.2, -0.15) is 0 Å². The van der Waals surface area contributed by atoms with Crippen LogP contribution in [-0.4, -0.2) is 21.4 Å². The maximum atomic E-state index is 10.5. The summed E-state index contributed by atoms with van der Waals surface area (Å²) in [6.07, 6.45) is 4.88. The molecule has 0 spiro atoms. The summed E-state index contributed by atoms with van der Waals surface area (Å²) < 4.78 is 0. The third kappa shape index (κ3) is 2.43. The van der Waals surface area contributed by atoms with E-state index in [0.717, 1.165) is 32.1 Å². The Bertz CT molecular complexity index is 311. The zero-order chi connectivity index (χ0) is 12.8. The second kappa shape index (κ2) is 4.10. The van der Waals surface area contributed by atoms with Crippen molar-refractivity contribution in [3.05, 3.63) is 12.2 Å². The van der Waals surface area contributed by atoms with Gasteiger partial charge in [0.1, 0.15) is 0 Å². The lowest BCUT2D eigenvalue weighted by Crippen LogP contribution is -2.37. The Morgan fingerprint density at radius 2 is 2.00 bits per heavy atom. The molecule has 0 saturated heterocycles. The van der Waals surface area contributed by atoms with Gasteiger partial charge in [-0.05, 0) is 70.6 Å². The van der Waals surface area contributed by atoms with Gasteiger partial charge in [-0.3, -0.25) is 0 Å². The Morgan fingerprint density at radius 3 is 2.59 bits per heavy atom. The second-order valence-corrected chi connectivity index (χ2v) is 6.89. The van der Waals surface area contributed by atoms with E-state index in [2.05, 4.69) is 6.58 Å². The molecule has 0 amide bonds. The van der Waals surface area contributed by atoms with E-state index in [0.29, 0.717) is 5.92 Å². The summed E-state index contributed by atoms with van der Waals surface area (Å²) in [5.41, 5.74) is 0.0782. The number of rotatable bonds is 1. The molecule has 2 aliphatic rings. The fraction of sp³-hybridized carbons (Fsp3) is 0.867. The molecule has 2 nitrogen and oxygen atoms in total. The van der Waals surface area contributed by atoms with Gasteiger partial charge < -0.3 is 10.2 Å². The van der Waals surface area contributed by atoms with Gasteiger partial charge in [0.15, 0.2) is 0 Å². The molecule has 0 heterocycles. The Balaban J connectivity index is 2.24. The van der Waals surface area contributed by atoms with Gasteiger partial charge in [0.2, 0.25) is 0 Å². The standard InChI is InChI=1S/C15H26O2/c1-10-5-6-11(14(2,3)16)9-13-12(10)7-8-15(13,4)17/h11-13,16-17H,1,5-9H2,2-4H3/t11-,12+,13-,15-/m1/s1. The van der Waals surface area contributed by atoms with Crippen molar-refractivity contribution >= 4 is 0 Å². The van der Waals surface area contributed by atoms with Crippen LogP contribution in [0.5, 0.6) is 0 Å². The number of aliphatic hydroxyl groups is 2. The summed E-state index contributed by atoms with van der Waals surface area (Å²) in [4.78, 5) is 0. The van der Waals surface area contributed by atoms with Gasteiger partial charge in [0, 0.05) is 0 Å². The molecule has 0 aromatic rings. The molecule has 2 heteroatoms. The molecule has 2 aliphatic carbocycles. The maximum absolute atomic E-state index is 10.5. The Hall–Kier alpha value is -0.340. The van der Waals surface area contributed by atoms with Crippen molar-refractivity contribution in [3.8, 4) is 0 Å². The van der Waals surface area contributed by atoms with Crippen molar-refractivity contribution < 1.29 is 10.2 Å². The zero-order valence-electron chi connectivity index (χ0n) is 11.4. The van der Waals surface area contributed by atoms with Crippen LogP contribution in [0.25, 0.3) is 0 Å². The molecule has 0 aromatic carbocycles. The summed E-state index contributed by atoms with van der Waals surface area (Å²) in [6.45, 7) is 9.95. The first-order chi connectivity index (χ1) is 7.72. The van der Waals surface area contributed by atoms with Gasteiger partial charge in [-0.25, -0.2) is 0 Å². The van der Waals surface area contributed by atoms with Gasteiger partial charge >= 0.3 is 0 Å². The number of hydrogen-bond donors (Lipinski definition) is 2. The molecule has 0 bridgehead atoms. The minimum absolute atomic E-state index is 0.277. The van der Waals surface area contributed by atoms with Crippen molar-refractivity contribution in [2.75, 3.05) is 0 Å². The Morgan fingerprint density at radius 1 is 1.35 bits per heavy atom. The molecule has 0 radical (unpaired) electrons. The van der Waals surface area contributed by atoms with E-state index in [4.69, 9.17) is 0 Å². The SMILES string of the molecule is C=C1CC[C@@H](C(C)(C)O)C[C@@H]2[C@H]1CC[C@@]2(C)O. The van der Waals surface area contributed by atoms with Crippen molar-refractivity contribution in [2.45, 2.75) is 64.1 Å². The summed E-state index contributed by atoms with van der Waals surface area (Å²) >= 11 is 0. The third-order valence-electron chi connectivity index (χ3n) is 5.12. The number of fused-ring (bicyclic) bond motifs is 1. The van der Waals surface area contributed by atoms with Crippen LogP contribution in [0, 0.1) is 17.8 Å². The van der Waals surface area contributed by atoms with Crippen LogP contribution in [0.15, 0.2) is 12.2 Å². The van der Waals surface area contributed by atoms with E-state index >= 15 is 0 Å². The molecule has 2 rings (SSSR count). The molecule has 0 unspecified atom stereocenters. The highest BCUT2D eigenvalue weighted by Crippen LogP contribution is 2.51. The molecular weight excluding hydrogens is 212 g/mol. The van der Waals surface area contributed by atoms with E-state index < -0.39 is 11.2 Å². The highest BCUT2D eigenvalue weighted by molar-refractivity contribution is 5.13. The van der Waals surface area contributed by atoms with Crippen LogP contribution < -0.4 is 0 Å². The summed E-state index contributed by atoms with van der Waals surface area (Å²) in [7, 11) is 0. The van der Waals surface area contributed by atoms with Crippen molar-refractivity contribution in [1.29, 1.82) is 0 Å². The van der Waals surface area contributed by atoms with E-state index in [1.54, 1.807) is 0 Å². The molecule has 2 N–H and O–H groups in total. The lowest BCUT2D eigenvalue weighted by atomic mass is 9.76. The molecule has 0 aliphatic heterocycles. The Kier molecular flexibility index (Phi) is 3.16. The minimum Gasteiger partial charge on any atom is -0.390 e. The van der Waals surface area contributed by atoms with Gasteiger partial charge in [-0.15, -0.1) is 0 Å². The highest BCUT2D eigenvalue weighted by atomic mass is 16.3. The molecule has 17 heavy (non-hydrogen) atoms. The first-order valence-electron chi connectivity index (χ1n) is 6.84. The first kappa shape index (κ1) is 13.1. The van der Waals surface area contributed by atoms with Crippen LogP contribution >= 0.6 is 0 Å². The summed E-state index contributed by atoms with van der Waals surface area (Å²) in [5, 5.41) is 20.7. The molecular formula is C15H26O2.